The smallest absolute Gasteiger partial charge is 0.287 e. The third kappa shape index (κ3) is 5.91. The van der Waals surface area contributed by atoms with Gasteiger partial charge in [0.2, 0.25) is 11.8 Å². The van der Waals surface area contributed by atoms with Crippen LogP contribution in [0.15, 0.2) is 64.6 Å². The largest absolute Gasteiger partial charge is 0.459 e. The van der Waals surface area contributed by atoms with Crippen LogP contribution in [0.3, 0.4) is 0 Å². The maximum Gasteiger partial charge on any atom is 0.287 e. The fraction of sp³-hybridized carbons (Fsp3) is 0.320. The predicted molar refractivity (Wildman–Crippen MR) is 125 cm³/mol. The molecular formula is C25H26FN3O4S. The van der Waals surface area contributed by atoms with Crippen molar-refractivity contribution in [2.24, 2.45) is 0 Å². The van der Waals surface area contributed by atoms with E-state index in [0.717, 1.165) is 25.7 Å². The van der Waals surface area contributed by atoms with E-state index >= 15 is 0 Å². The van der Waals surface area contributed by atoms with Gasteiger partial charge in [-0.1, -0.05) is 31.0 Å². The quantitative estimate of drug-likeness (QED) is 0.481. The van der Waals surface area contributed by atoms with Crippen LogP contribution in [0.25, 0.3) is 0 Å². The van der Waals surface area contributed by atoms with Crippen LogP contribution in [-0.2, 0) is 16.1 Å². The first-order chi connectivity index (χ1) is 16.5. The van der Waals surface area contributed by atoms with Crippen molar-refractivity contribution in [1.82, 2.24) is 15.5 Å². The number of rotatable bonds is 9. The van der Waals surface area contributed by atoms with Gasteiger partial charge in [0.05, 0.1) is 12.8 Å². The van der Waals surface area contributed by atoms with Crippen molar-refractivity contribution < 1.29 is 23.2 Å². The Kier molecular flexibility index (Phi) is 7.74. The molecule has 3 amide bonds. The molecule has 0 saturated heterocycles. The molecule has 1 aliphatic rings. The summed E-state index contributed by atoms with van der Waals surface area (Å²) in [5.74, 6) is -1.53. The molecule has 0 aliphatic heterocycles. The Labute approximate surface area is 200 Å². The second-order valence-electron chi connectivity index (χ2n) is 8.22. The normalized spacial score (nSPS) is 14.5. The van der Waals surface area contributed by atoms with Gasteiger partial charge in [0.15, 0.2) is 5.76 Å². The van der Waals surface area contributed by atoms with Gasteiger partial charge in [-0.25, -0.2) is 4.39 Å². The van der Waals surface area contributed by atoms with E-state index in [1.54, 1.807) is 18.2 Å². The van der Waals surface area contributed by atoms with Gasteiger partial charge in [-0.3, -0.25) is 14.4 Å². The average Bonchev–Trinajstić information content (AvgIpc) is 3.62. The molecule has 4 rings (SSSR count). The molecule has 1 atom stereocenters. The zero-order valence-corrected chi connectivity index (χ0v) is 19.4. The zero-order chi connectivity index (χ0) is 23.9. The van der Waals surface area contributed by atoms with Crippen LogP contribution in [0.4, 0.5) is 4.39 Å². The monoisotopic (exact) mass is 483 g/mol. The van der Waals surface area contributed by atoms with Gasteiger partial charge in [0.25, 0.3) is 5.91 Å². The molecule has 0 bridgehead atoms. The van der Waals surface area contributed by atoms with Gasteiger partial charge in [0, 0.05) is 17.5 Å². The Balaban J connectivity index is 1.58. The number of carbonyl (C=O) groups excluding carboxylic acids is 3. The maximum absolute atomic E-state index is 13.5. The summed E-state index contributed by atoms with van der Waals surface area (Å²) in [5, 5.41) is 7.51. The first kappa shape index (κ1) is 23.7. The summed E-state index contributed by atoms with van der Waals surface area (Å²) in [6, 6.07) is 11.7. The second kappa shape index (κ2) is 11.1. The summed E-state index contributed by atoms with van der Waals surface area (Å²) in [7, 11) is 0. The van der Waals surface area contributed by atoms with Crippen molar-refractivity contribution in [1.29, 1.82) is 0 Å². The predicted octanol–water partition coefficient (Wildman–Crippen LogP) is 4.04. The minimum absolute atomic E-state index is 0.0798. The van der Waals surface area contributed by atoms with Gasteiger partial charge in [-0.2, -0.15) is 0 Å². The van der Waals surface area contributed by atoms with Gasteiger partial charge in [-0.15, -0.1) is 11.3 Å². The lowest BCUT2D eigenvalue weighted by Gasteiger charge is -2.31. The van der Waals surface area contributed by atoms with Crippen LogP contribution in [0.5, 0.6) is 0 Å². The number of furan rings is 1. The summed E-state index contributed by atoms with van der Waals surface area (Å²) in [5.41, 5.74) is 0.669. The first-order valence-corrected chi connectivity index (χ1v) is 12.1. The minimum Gasteiger partial charge on any atom is -0.459 e. The number of nitrogens with zero attached hydrogens (tertiary/aromatic N) is 1. The fourth-order valence-corrected chi connectivity index (χ4v) is 4.92. The Bertz CT molecular complexity index is 1090. The standard InChI is InChI=1S/C25H26FN3O4S/c26-18-11-9-17(10-12-18)16-29(22(30)15-27-24(31)20-7-3-13-33-20)23(21-8-4-14-34-21)25(32)28-19-5-1-2-6-19/h3-4,7-14,19,23H,1-2,5-6,15-16H2,(H,27,31)(H,28,32)/t23-/m0/s1. The lowest BCUT2D eigenvalue weighted by Crippen LogP contribution is -2.48. The van der Waals surface area contributed by atoms with Crippen molar-refractivity contribution >= 4 is 29.1 Å². The summed E-state index contributed by atoms with van der Waals surface area (Å²) in [6.07, 6.45) is 5.32. The molecule has 0 spiro atoms. The molecule has 1 aliphatic carbocycles. The minimum atomic E-state index is -0.876. The maximum atomic E-state index is 13.5. The molecule has 178 valence electrons. The fourth-order valence-electron chi connectivity index (χ4n) is 4.08. The van der Waals surface area contributed by atoms with Gasteiger partial charge >= 0.3 is 0 Å². The molecule has 7 nitrogen and oxygen atoms in total. The van der Waals surface area contributed by atoms with Crippen molar-refractivity contribution in [3.05, 3.63) is 82.2 Å². The molecule has 1 fully saturated rings. The molecule has 34 heavy (non-hydrogen) atoms. The highest BCUT2D eigenvalue weighted by molar-refractivity contribution is 7.10. The van der Waals surface area contributed by atoms with E-state index in [9.17, 15) is 18.8 Å². The summed E-state index contributed by atoms with van der Waals surface area (Å²) >= 11 is 1.38. The highest BCUT2D eigenvalue weighted by Gasteiger charge is 2.34. The Morgan fingerprint density at radius 3 is 2.50 bits per heavy atom. The van der Waals surface area contributed by atoms with Crippen molar-refractivity contribution in [3.8, 4) is 0 Å². The van der Waals surface area contributed by atoms with Crippen LogP contribution in [0.2, 0.25) is 0 Å². The van der Waals surface area contributed by atoms with Crippen LogP contribution in [0, 0.1) is 5.82 Å². The topological polar surface area (TPSA) is 91.7 Å². The highest BCUT2D eigenvalue weighted by atomic mass is 32.1. The van der Waals surface area contributed by atoms with Gasteiger partial charge < -0.3 is 20.0 Å². The molecule has 2 heterocycles. The Morgan fingerprint density at radius 2 is 1.85 bits per heavy atom. The number of hydrogen-bond donors (Lipinski definition) is 2. The number of halogens is 1. The van der Waals surface area contributed by atoms with Crippen LogP contribution < -0.4 is 10.6 Å². The van der Waals surface area contributed by atoms with Crippen molar-refractivity contribution in [3.63, 3.8) is 0 Å². The van der Waals surface area contributed by atoms with E-state index in [-0.39, 0.29) is 36.6 Å². The van der Waals surface area contributed by atoms with E-state index in [2.05, 4.69) is 10.6 Å². The zero-order valence-electron chi connectivity index (χ0n) is 18.5. The van der Waals surface area contributed by atoms with E-state index in [4.69, 9.17) is 4.42 Å². The van der Waals surface area contributed by atoms with Crippen molar-refractivity contribution in [2.45, 2.75) is 44.3 Å². The third-order valence-corrected chi connectivity index (χ3v) is 6.73. The average molecular weight is 484 g/mol. The molecule has 9 heteroatoms. The first-order valence-electron chi connectivity index (χ1n) is 11.2. The molecule has 3 aromatic rings. The summed E-state index contributed by atoms with van der Waals surface area (Å²) in [4.78, 5) is 41.3. The van der Waals surface area contributed by atoms with E-state index < -0.39 is 17.9 Å². The number of benzene rings is 1. The number of amides is 3. The lowest BCUT2D eigenvalue weighted by molar-refractivity contribution is -0.141. The molecule has 1 aromatic carbocycles. The van der Waals surface area contributed by atoms with E-state index in [0.29, 0.717) is 10.4 Å². The molecule has 0 radical (unpaired) electrons. The molecule has 2 aromatic heterocycles. The van der Waals surface area contributed by atoms with Crippen molar-refractivity contribution in [2.75, 3.05) is 6.54 Å². The molecule has 2 N–H and O–H groups in total. The molecular weight excluding hydrogens is 457 g/mol. The molecule has 1 saturated carbocycles. The number of nitrogens with one attached hydrogen (secondary N) is 2. The third-order valence-electron chi connectivity index (χ3n) is 5.81. The SMILES string of the molecule is O=C(NCC(=O)N(Cc1ccc(F)cc1)[C@H](C(=O)NC1CCCC1)c1cccs1)c1ccco1. The number of carbonyl (C=O) groups is 3. The highest BCUT2D eigenvalue weighted by Crippen LogP contribution is 2.29. The van der Waals surface area contributed by atoms with E-state index in [1.165, 1.54) is 40.7 Å². The number of hydrogen-bond acceptors (Lipinski definition) is 5. The molecule has 0 unspecified atom stereocenters. The summed E-state index contributed by atoms with van der Waals surface area (Å²) in [6.45, 7) is -0.240. The Morgan fingerprint density at radius 1 is 1.09 bits per heavy atom. The van der Waals surface area contributed by atoms with Crippen LogP contribution >= 0.6 is 11.3 Å². The second-order valence-corrected chi connectivity index (χ2v) is 9.20. The van der Waals surface area contributed by atoms with Gasteiger partial charge in [0.1, 0.15) is 11.9 Å². The van der Waals surface area contributed by atoms with Gasteiger partial charge in [-0.05, 0) is 54.1 Å². The Hall–Kier alpha value is -3.46. The van der Waals surface area contributed by atoms with Crippen LogP contribution in [-0.4, -0.2) is 35.2 Å². The number of thiophene rings is 1. The summed E-state index contributed by atoms with van der Waals surface area (Å²) < 4.78 is 18.5. The van der Waals surface area contributed by atoms with E-state index in [1.807, 2.05) is 17.5 Å². The lowest BCUT2D eigenvalue weighted by atomic mass is 10.1. The van der Waals surface area contributed by atoms with Crippen LogP contribution in [0.1, 0.15) is 52.7 Å².